The van der Waals surface area contributed by atoms with Gasteiger partial charge in [0.1, 0.15) is 0 Å². The van der Waals surface area contributed by atoms with E-state index in [1.54, 1.807) is 0 Å². The Hall–Kier alpha value is 0.310. The SMILES string of the molecule is CC(C)CC(C)OCC1(CS)CCCCC1. The number of hydrogen-bond acceptors (Lipinski definition) is 2. The van der Waals surface area contributed by atoms with E-state index in [0.717, 1.165) is 18.3 Å². The summed E-state index contributed by atoms with van der Waals surface area (Å²) in [6.45, 7) is 7.64. The molecule has 1 aliphatic carbocycles. The molecule has 2 heteroatoms. The van der Waals surface area contributed by atoms with Crippen molar-refractivity contribution in [3.05, 3.63) is 0 Å². The van der Waals surface area contributed by atoms with Gasteiger partial charge in [0.05, 0.1) is 12.7 Å². The molecule has 1 unspecified atom stereocenters. The zero-order valence-electron chi connectivity index (χ0n) is 11.2. The second kappa shape index (κ2) is 6.90. The smallest absolute Gasteiger partial charge is 0.0549 e. The molecule has 16 heavy (non-hydrogen) atoms. The van der Waals surface area contributed by atoms with Crippen LogP contribution in [-0.4, -0.2) is 18.5 Å². The highest BCUT2D eigenvalue weighted by Crippen LogP contribution is 2.37. The summed E-state index contributed by atoms with van der Waals surface area (Å²) in [5.74, 6) is 1.72. The van der Waals surface area contributed by atoms with Crippen molar-refractivity contribution < 1.29 is 4.74 Å². The van der Waals surface area contributed by atoms with Gasteiger partial charge in [-0.1, -0.05) is 33.1 Å². The maximum absolute atomic E-state index is 6.04. The average Bonchev–Trinajstić information content (AvgIpc) is 2.27. The van der Waals surface area contributed by atoms with E-state index in [1.807, 2.05) is 0 Å². The molecule has 0 aromatic heterocycles. The van der Waals surface area contributed by atoms with Crippen LogP contribution in [0.15, 0.2) is 0 Å². The fraction of sp³-hybridized carbons (Fsp3) is 1.00. The normalized spacial score (nSPS) is 22.3. The first-order valence-corrected chi connectivity index (χ1v) is 7.44. The Morgan fingerprint density at radius 2 is 1.75 bits per heavy atom. The molecule has 1 saturated carbocycles. The lowest BCUT2D eigenvalue weighted by molar-refractivity contribution is -0.0149. The lowest BCUT2D eigenvalue weighted by Crippen LogP contribution is -2.33. The lowest BCUT2D eigenvalue weighted by Gasteiger charge is -2.36. The van der Waals surface area contributed by atoms with E-state index >= 15 is 0 Å². The summed E-state index contributed by atoms with van der Waals surface area (Å²) < 4.78 is 6.04. The summed E-state index contributed by atoms with van der Waals surface area (Å²) >= 11 is 4.54. The third kappa shape index (κ3) is 4.67. The van der Waals surface area contributed by atoms with Gasteiger partial charge in [0.25, 0.3) is 0 Å². The van der Waals surface area contributed by atoms with Gasteiger partial charge >= 0.3 is 0 Å². The van der Waals surface area contributed by atoms with E-state index < -0.39 is 0 Å². The largest absolute Gasteiger partial charge is 0.378 e. The molecule has 0 heterocycles. The Balaban J connectivity index is 2.32. The van der Waals surface area contributed by atoms with Crippen molar-refractivity contribution >= 4 is 12.6 Å². The number of rotatable bonds is 6. The molecule has 1 aliphatic rings. The minimum Gasteiger partial charge on any atom is -0.378 e. The minimum atomic E-state index is 0.382. The standard InChI is InChI=1S/C14H28OS/c1-12(2)9-13(3)15-10-14(11-16)7-5-4-6-8-14/h12-13,16H,4-11H2,1-3H3. The highest BCUT2D eigenvalue weighted by Gasteiger charge is 2.31. The summed E-state index contributed by atoms with van der Waals surface area (Å²) in [7, 11) is 0. The van der Waals surface area contributed by atoms with Crippen molar-refractivity contribution in [2.75, 3.05) is 12.4 Å². The molecule has 0 amide bonds. The van der Waals surface area contributed by atoms with E-state index in [0.29, 0.717) is 11.5 Å². The van der Waals surface area contributed by atoms with E-state index in [1.165, 1.54) is 38.5 Å². The molecule has 1 fully saturated rings. The Labute approximate surface area is 107 Å². The molecule has 1 nitrogen and oxygen atoms in total. The van der Waals surface area contributed by atoms with Crippen LogP contribution < -0.4 is 0 Å². The van der Waals surface area contributed by atoms with Crippen LogP contribution in [0.3, 0.4) is 0 Å². The quantitative estimate of drug-likeness (QED) is 0.685. The molecule has 0 aromatic carbocycles. The molecule has 0 radical (unpaired) electrons. The predicted octanol–water partition coefficient (Wildman–Crippen LogP) is 4.32. The van der Waals surface area contributed by atoms with E-state index in [9.17, 15) is 0 Å². The van der Waals surface area contributed by atoms with E-state index in [-0.39, 0.29) is 0 Å². The number of thiol groups is 1. The molecule has 0 aromatic rings. The average molecular weight is 244 g/mol. The van der Waals surface area contributed by atoms with Gasteiger partial charge in [0, 0.05) is 5.41 Å². The van der Waals surface area contributed by atoms with Crippen LogP contribution in [-0.2, 0) is 4.74 Å². The second-order valence-corrected chi connectivity index (χ2v) is 6.29. The Morgan fingerprint density at radius 3 is 2.25 bits per heavy atom. The third-order valence-corrected chi connectivity index (χ3v) is 4.40. The van der Waals surface area contributed by atoms with Crippen molar-refractivity contribution in [3.8, 4) is 0 Å². The fourth-order valence-corrected chi connectivity index (χ4v) is 3.11. The van der Waals surface area contributed by atoms with Crippen molar-refractivity contribution in [1.29, 1.82) is 0 Å². The highest BCUT2D eigenvalue weighted by molar-refractivity contribution is 7.80. The summed E-state index contributed by atoms with van der Waals surface area (Å²) in [5, 5.41) is 0. The van der Waals surface area contributed by atoms with E-state index in [2.05, 4.69) is 33.4 Å². The van der Waals surface area contributed by atoms with Gasteiger partial charge in [-0.05, 0) is 37.9 Å². The van der Waals surface area contributed by atoms with Crippen molar-refractivity contribution in [1.82, 2.24) is 0 Å². The molecule has 0 aliphatic heterocycles. The van der Waals surface area contributed by atoms with Crippen LogP contribution in [0, 0.1) is 11.3 Å². The first-order chi connectivity index (χ1) is 7.58. The highest BCUT2D eigenvalue weighted by atomic mass is 32.1. The van der Waals surface area contributed by atoms with Crippen LogP contribution in [0.5, 0.6) is 0 Å². The maximum Gasteiger partial charge on any atom is 0.0549 e. The lowest BCUT2D eigenvalue weighted by atomic mass is 9.76. The molecule has 1 atom stereocenters. The topological polar surface area (TPSA) is 9.23 Å². The predicted molar refractivity (Wildman–Crippen MR) is 74.2 cm³/mol. The molecular formula is C14H28OS. The maximum atomic E-state index is 6.04. The van der Waals surface area contributed by atoms with Crippen LogP contribution in [0.4, 0.5) is 0 Å². The Morgan fingerprint density at radius 1 is 1.12 bits per heavy atom. The zero-order valence-corrected chi connectivity index (χ0v) is 12.1. The summed E-state index contributed by atoms with van der Waals surface area (Å²) in [5.41, 5.74) is 0.382. The Kier molecular flexibility index (Phi) is 6.20. The van der Waals surface area contributed by atoms with Gasteiger partial charge in [0.2, 0.25) is 0 Å². The van der Waals surface area contributed by atoms with Gasteiger partial charge in [-0.3, -0.25) is 0 Å². The van der Waals surface area contributed by atoms with Crippen LogP contribution in [0.1, 0.15) is 59.3 Å². The Bertz CT molecular complexity index is 185. The van der Waals surface area contributed by atoms with Crippen molar-refractivity contribution in [3.63, 3.8) is 0 Å². The minimum absolute atomic E-state index is 0.382. The van der Waals surface area contributed by atoms with Gasteiger partial charge in [0.15, 0.2) is 0 Å². The third-order valence-electron chi connectivity index (χ3n) is 3.73. The van der Waals surface area contributed by atoms with Crippen molar-refractivity contribution in [2.24, 2.45) is 11.3 Å². The fourth-order valence-electron chi connectivity index (χ4n) is 2.70. The molecule has 0 bridgehead atoms. The van der Waals surface area contributed by atoms with Crippen LogP contribution in [0.25, 0.3) is 0 Å². The van der Waals surface area contributed by atoms with Crippen LogP contribution in [0.2, 0.25) is 0 Å². The van der Waals surface area contributed by atoms with Crippen molar-refractivity contribution in [2.45, 2.75) is 65.4 Å². The van der Waals surface area contributed by atoms with Gasteiger partial charge < -0.3 is 4.74 Å². The molecule has 1 rings (SSSR count). The molecule has 0 saturated heterocycles. The number of ether oxygens (including phenoxy) is 1. The van der Waals surface area contributed by atoms with E-state index in [4.69, 9.17) is 4.74 Å². The summed E-state index contributed by atoms with van der Waals surface area (Å²) in [4.78, 5) is 0. The molecule has 0 spiro atoms. The van der Waals surface area contributed by atoms with Gasteiger partial charge in [-0.15, -0.1) is 0 Å². The summed E-state index contributed by atoms with van der Waals surface area (Å²) in [6.07, 6.45) is 8.32. The van der Waals surface area contributed by atoms with Crippen LogP contribution >= 0.6 is 12.6 Å². The molecular weight excluding hydrogens is 216 g/mol. The molecule has 96 valence electrons. The number of hydrogen-bond donors (Lipinski definition) is 1. The summed E-state index contributed by atoms with van der Waals surface area (Å²) in [6, 6.07) is 0. The monoisotopic (exact) mass is 244 g/mol. The van der Waals surface area contributed by atoms with Gasteiger partial charge in [-0.25, -0.2) is 0 Å². The second-order valence-electron chi connectivity index (χ2n) is 5.97. The first kappa shape index (κ1) is 14.4. The molecule has 0 N–H and O–H groups in total. The zero-order chi connectivity index (χ0) is 12.0. The first-order valence-electron chi connectivity index (χ1n) is 6.80. The van der Waals surface area contributed by atoms with Gasteiger partial charge in [-0.2, -0.15) is 12.6 Å².